The highest BCUT2D eigenvalue weighted by Crippen LogP contribution is 2.36. The number of carbonyl (C=O) groups excluding carboxylic acids is 1. The van der Waals surface area contributed by atoms with Gasteiger partial charge in [-0.15, -0.1) is 0 Å². The lowest BCUT2D eigenvalue weighted by molar-refractivity contribution is 0.101. The average Bonchev–Trinajstić information content (AvgIpc) is 2.76. The fraction of sp³-hybridized carbons (Fsp3) is 0.438. The summed E-state index contributed by atoms with van der Waals surface area (Å²) in [6.45, 7) is 4.24. The van der Waals surface area contributed by atoms with E-state index in [1.165, 1.54) is 12.5 Å². The van der Waals surface area contributed by atoms with Crippen molar-refractivity contribution >= 4 is 11.4 Å². The van der Waals surface area contributed by atoms with Crippen LogP contribution >= 0.6 is 0 Å². The summed E-state index contributed by atoms with van der Waals surface area (Å²) in [5, 5.41) is 9.93. The van der Waals surface area contributed by atoms with Gasteiger partial charge in [0.2, 0.25) is 0 Å². The lowest BCUT2D eigenvalue weighted by Gasteiger charge is -2.14. The number of benzene rings is 1. The molecule has 0 bridgehead atoms. The van der Waals surface area contributed by atoms with E-state index in [2.05, 4.69) is 13.0 Å². The zero-order chi connectivity index (χ0) is 14.0. The molecule has 102 valence electrons. The highest BCUT2D eigenvalue weighted by molar-refractivity contribution is 5.98. The van der Waals surface area contributed by atoms with Crippen LogP contribution in [-0.4, -0.2) is 17.4 Å². The number of hydrogen-bond donors (Lipinski definition) is 2. The molecule has 0 fully saturated rings. The van der Waals surface area contributed by atoms with E-state index in [0.29, 0.717) is 24.4 Å². The predicted octanol–water partition coefficient (Wildman–Crippen LogP) is 2.91. The molecule has 0 saturated heterocycles. The number of aromatic hydroxyl groups is 1. The molecule has 0 aromatic heterocycles. The van der Waals surface area contributed by atoms with Crippen molar-refractivity contribution in [1.29, 1.82) is 0 Å². The molecular weight excluding hydrogens is 238 g/mol. The number of hydrogen-bond acceptors (Lipinski definition) is 3. The van der Waals surface area contributed by atoms with Crippen molar-refractivity contribution in [2.24, 2.45) is 11.7 Å². The van der Waals surface area contributed by atoms with Gasteiger partial charge in [0.05, 0.1) is 5.56 Å². The normalized spacial score (nSPS) is 18.5. The van der Waals surface area contributed by atoms with Gasteiger partial charge < -0.3 is 10.8 Å². The molecule has 3 N–H and O–H groups in total. The van der Waals surface area contributed by atoms with Crippen molar-refractivity contribution in [2.75, 3.05) is 6.54 Å². The average molecular weight is 259 g/mol. The smallest absolute Gasteiger partial charge is 0.163 e. The molecule has 0 amide bonds. The van der Waals surface area contributed by atoms with E-state index in [9.17, 15) is 9.90 Å². The summed E-state index contributed by atoms with van der Waals surface area (Å²) in [5.74, 6) is 0.603. The molecule has 0 heterocycles. The number of nitrogens with two attached hydrogens (primary N) is 1. The van der Waals surface area contributed by atoms with Crippen molar-refractivity contribution in [1.82, 2.24) is 0 Å². The number of allylic oxidation sites excluding steroid dienone is 2. The molecule has 1 aliphatic rings. The van der Waals surface area contributed by atoms with Gasteiger partial charge in [0, 0.05) is 0 Å². The van der Waals surface area contributed by atoms with Crippen molar-refractivity contribution in [3.05, 3.63) is 34.9 Å². The number of phenols is 1. The van der Waals surface area contributed by atoms with Gasteiger partial charge in [0.1, 0.15) is 5.75 Å². The first-order valence-corrected chi connectivity index (χ1v) is 6.79. The van der Waals surface area contributed by atoms with E-state index < -0.39 is 0 Å². The summed E-state index contributed by atoms with van der Waals surface area (Å²) in [6, 6.07) is 3.52. The summed E-state index contributed by atoms with van der Waals surface area (Å²) < 4.78 is 0. The fourth-order valence-corrected chi connectivity index (χ4v) is 2.68. The van der Waals surface area contributed by atoms with E-state index >= 15 is 0 Å². The van der Waals surface area contributed by atoms with Crippen LogP contribution in [0.1, 0.15) is 48.2 Å². The molecule has 0 spiro atoms. The molecule has 0 radical (unpaired) electrons. The van der Waals surface area contributed by atoms with Gasteiger partial charge in [-0.05, 0) is 67.5 Å². The van der Waals surface area contributed by atoms with E-state index in [0.717, 1.165) is 24.0 Å². The Balaban J connectivity index is 2.49. The van der Waals surface area contributed by atoms with Crippen molar-refractivity contribution < 1.29 is 9.90 Å². The van der Waals surface area contributed by atoms with Crippen molar-refractivity contribution in [3.63, 3.8) is 0 Å². The Morgan fingerprint density at radius 3 is 2.74 bits per heavy atom. The SMILES string of the molecule is CC(=O)c1cc(C2=CCC(C)C2)c(CCN)cc1O. The molecule has 3 nitrogen and oxygen atoms in total. The van der Waals surface area contributed by atoms with Gasteiger partial charge >= 0.3 is 0 Å². The molecule has 1 aliphatic carbocycles. The number of Topliss-reactive ketones (excluding diaryl/α,β-unsaturated/α-hetero) is 1. The van der Waals surface area contributed by atoms with Gasteiger partial charge in [0.15, 0.2) is 5.78 Å². The van der Waals surface area contributed by atoms with Crippen LogP contribution in [0.25, 0.3) is 5.57 Å². The third kappa shape index (κ3) is 2.87. The predicted molar refractivity (Wildman–Crippen MR) is 77.2 cm³/mol. The monoisotopic (exact) mass is 259 g/mol. The lowest BCUT2D eigenvalue weighted by atomic mass is 9.92. The molecule has 1 atom stereocenters. The summed E-state index contributed by atoms with van der Waals surface area (Å²) >= 11 is 0. The van der Waals surface area contributed by atoms with E-state index in [1.54, 1.807) is 6.07 Å². The standard InChI is InChI=1S/C16H21NO2/c1-10-3-4-12(7-10)15-9-14(11(2)18)16(19)8-13(15)5-6-17/h4,8-10,19H,3,5-7,17H2,1-2H3. The minimum absolute atomic E-state index is 0.0614. The highest BCUT2D eigenvalue weighted by Gasteiger charge is 2.19. The Morgan fingerprint density at radius 2 is 2.21 bits per heavy atom. The Hall–Kier alpha value is -1.61. The fourth-order valence-electron chi connectivity index (χ4n) is 2.68. The quantitative estimate of drug-likeness (QED) is 0.817. The van der Waals surface area contributed by atoms with Crippen molar-refractivity contribution in [2.45, 2.75) is 33.1 Å². The topological polar surface area (TPSA) is 63.3 Å². The maximum atomic E-state index is 11.6. The molecule has 1 aromatic rings. The maximum Gasteiger partial charge on any atom is 0.163 e. The minimum Gasteiger partial charge on any atom is -0.507 e. The Morgan fingerprint density at radius 1 is 1.47 bits per heavy atom. The van der Waals surface area contributed by atoms with Gasteiger partial charge in [0.25, 0.3) is 0 Å². The Kier molecular flexibility index (Phi) is 4.05. The van der Waals surface area contributed by atoms with Crippen LogP contribution in [0.2, 0.25) is 0 Å². The van der Waals surface area contributed by atoms with Gasteiger partial charge in [-0.1, -0.05) is 13.0 Å². The second kappa shape index (κ2) is 5.57. The summed E-state index contributed by atoms with van der Waals surface area (Å²) in [4.78, 5) is 11.6. The number of phenolic OH excluding ortho intramolecular Hbond substituents is 1. The Bertz CT molecular complexity index is 532. The number of ketones is 1. The first-order chi connectivity index (χ1) is 9.02. The Labute approximate surface area is 114 Å². The van der Waals surface area contributed by atoms with E-state index in [1.807, 2.05) is 6.07 Å². The molecular formula is C16H21NO2. The van der Waals surface area contributed by atoms with Crippen LogP contribution in [0.3, 0.4) is 0 Å². The van der Waals surface area contributed by atoms with Crippen molar-refractivity contribution in [3.8, 4) is 5.75 Å². The van der Waals surface area contributed by atoms with E-state index in [-0.39, 0.29) is 11.5 Å². The molecule has 19 heavy (non-hydrogen) atoms. The molecule has 3 heteroatoms. The van der Waals surface area contributed by atoms with Crippen LogP contribution in [0.15, 0.2) is 18.2 Å². The third-order valence-corrected chi connectivity index (χ3v) is 3.70. The minimum atomic E-state index is -0.107. The van der Waals surface area contributed by atoms with Crippen LogP contribution in [0.5, 0.6) is 5.75 Å². The first-order valence-electron chi connectivity index (χ1n) is 6.79. The second-order valence-electron chi connectivity index (χ2n) is 5.40. The van der Waals surface area contributed by atoms with Crippen LogP contribution in [0.4, 0.5) is 0 Å². The van der Waals surface area contributed by atoms with Gasteiger partial charge in [-0.2, -0.15) is 0 Å². The van der Waals surface area contributed by atoms with Crippen LogP contribution in [-0.2, 0) is 6.42 Å². The van der Waals surface area contributed by atoms with Gasteiger partial charge in [-0.25, -0.2) is 0 Å². The highest BCUT2D eigenvalue weighted by atomic mass is 16.3. The molecule has 0 saturated carbocycles. The summed E-state index contributed by atoms with van der Waals surface area (Å²) in [7, 11) is 0. The summed E-state index contributed by atoms with van der Waals surface area (Å²) in [5.41, 5.74) is 9.42. The molecule has 0 aliphatic heterocycles. The van der Waals surface area contributed by atoms with Crippen LogP contribution < -0.4 is 5.73 Å². The van der Waals surface area contributed by atoms with Gasteiger partial charge in [-0.3, -0.25) is 4.79 Å². The maximum absolute atomic E-state index is 11.6. The van der Waals surface area contributed by atoms with Crippen LogP contribution in [0, 0.1) is 5.92 Å². The zero-order valence-corrected chi connectivity index (χ0v) is 11.6. The van der Waals surface area contributed by atoms with E-state index in [4.69, 9.17) is 5.73 Å². The number of carbonyl (C=O) groups is 1. The molecule has 1 unspecified atom stereocenters. The molecule has 1 aromatic carbocycles. The second-order valence-corrected chi connectivity index (χ2v) is 5.40. The largest absolute Gasteiger partial charge is 0.507 e. The third-order valence-electron chi connectivity index (χ3n) is 3.70. The first kappa shape index (κ1) is 13.8. The lowest BCUT2D eigenvalue weighted by Crippen LogP contribution is -2.07. The zero-order valence-electron chi connectivity index (χ0n) is 11.6. The molecule has 2 rings (SSSR count). The number of rotatable bonds is 4. The summed E-state index contributed by atoms with van der Waals surface area (Å²) in [6.07, 6.45) is 5.06.